The lowest BCUT2D eigenvalue weighted by Gasteiger charge is -2.20. The molecule has 0 aliphatic carbocycles. The molecule has 0 saturated carbocycles. The van der Waals surface area contributed by atoms with Gasteiger partial charge in [-0.15, -0.1) is 0 Å². The second-order valence-corrected chi connectivity index (χ2v) is 3.57. The maximum Gasteiger partial charge on any atom is 0.229 e. The molecule has 2 rings (SSSR count). The van der Waals surface area contributed by atoms with Gasteiger partial charge in [-0.1, -0.05) is 13.8 Å². The largest absolute Gasteiger partial charge is 0.315 e. The van der Waals surface area contributed by atoms with Gasteiger partial charge in [0.15, 0.2) is 0 Å². The van der Waals surface area contributed by atoms with Crippen molar-refractivity contribution in [2.75, 3.05) is 0 Å². The number of aliphatic imine (C=N–C) groups is 1. The first-order valence-electron chi connectivity index (χ1n) is 4.32. The summed E-state index contributed by atoms with van der Waals surface area (Å²) >= 11 is 0. The Morgan fingerprint density at radius 3 is 3.17 bits per heavy atom. The summed E-state index contributed by atoms with van der Waals surface area (Å²) < 4.78 is 2.10. The maximum atomic E-state index is 4.28. The molecule has 0 aromatic carbocycles. The molecule has 0 radical (unpaired) electrons. The van der Waals surface area contributed by atoms with Crippen molar-refractivity contribution in [2.24, 2.45) is 16.8 Å². The summed E-state index contributed by atoms with van der Waals surface area (Å²) in [5.41, 5.74) is 0. The lowest BCUT2D eigenvalue weighted by molar-refractivity contribution is 0.431. The third kappa shape index (κ3) is 1.15. The Balaban J connectivity index is 2.24. The summed E-state index contributed by atoms with van der Waals surface area (Å²) in [6.45, 7) is 5.47. The lowest BCUT2D eigenvalue weighted by Crippen LogP contribution is -2.20. The summed E-state index contributed by atoms with van der Waals surface area (Å²) in [6, 6.07) is 0. The zero-order valence-electron chi connectivity index (χ0n) is 7.44. The van der Waals surface area contributed by atoms with E-state index in [4.69, 9.17) is 0 Å². The first kappa shape index (κ1) is 7.53. The maximum absolute atomic E-state index is 4.28. The van der Waals surface area contributed by atoms with Crippen LogP contribution >= 0.6 is 0 Å². The van der Waals surface area contributed by atoms with E-state index in [9.17, 15) is 0 Å². The highest BCUT2D eigenvalue weighted by Crippen LogP contribution is 2.20. The Morgan fingerprint density at radius 2 is 2.42 bits per heavy atom. The molecule has 12 heavy (non-hydrogen) atoms. The van der Waals surface area contributed by atoms with Crippen molar-refractivity contribution in [3.63, 3.8) is 0 Å². The first-order chi connectivity index (χ1) is 5.77. The molecule has 2 heterocycles. The van der Waals surface area contributed by atoms with E-state index in [0.29, 0.717) is 11.8 Å². The minimum atomic E-state index is 0.562. The van der Waals surface area contributed by atoms with Gasteiger partial charge in [0, 0.05) is 31.1 Å². The van der Waals surface area contributed by atoms with E-state index in [0.717, 1.165) is 12.5 Å². The highest BCUT2D eigenvalue weighted by atomic mass is 15.2. The van der Waals surface area contributed by atoms with Crippen LogP contribution in [-0.4, -0.2) is 15.8 Å². The number of hydrogen-bond donors (Lipinski definition) is 0. The molecule has 0 fully saturated rings. The Morgan fingerprint density at radius 1 is 1.58 bits per heavy atom. The van der Waals surface area contributed by atoms with Crippen molar-refractivity contribution in [3.05, 3.63) is 12.4 Å². The predicted octanol–water partition coefficient (Wildman–Crippen LogP) is 1.87. The van der Waals surface area contributed by atoms with Crippen LogP contribution in [0.5, 0.6) is 0 Å². The molecular formula is C9H13N3. The van der Waals surface area contributed by atoms with Gasteiger partial charge in [0.05, 0.1) is 0 Å². The third-order valence-corrected chi connectivity index (χ3v) is 2.34. The molecule has 3 nitrogen and oxygen atoms in total. The Labute approximate surface area is 72.1 Å². The summed E-state index contributed by atoms with van der Waals surface area (Å²) in [7, 11) is 0. The molecule has 1 aromatic rings. The SMILES string of the molecule is CC(C)C1C=Nc2nccn2C1. The van der Waals surface area contributed by atoms with Gasteiger partial charge in [-0.3, -0.25) is 0 Å². The molecule has 0 spiro atoms. The van der Waals surface area contributed by atoms with Gasteiger partial charge in [0.1, 0.15) is 0 Å². The number of fused-ring (bicyclic) bond motifs is 1. The van der Waals surface area contributed by atoms with E-state index < -0.39 is 0 Å². The molecule has 1 atom stereocenters. The van der Waals surface area contributed by atoms with Gasteiger partial charge >= 0.3 is 0 Å². The molecule has 1 aromatic heterocycles. The van der Waals surface area contributed by atoms with Crippen LogP contribution in [0.1, 0.15) is 13.8 Å². The van der Waals surface area contributed by atoms with Crippen LogP contribution in [0.2, 0.25) is 0 Å². The Hall–Kier alpha value is -1.12. The summed E-state index contributed by atoms with van der Waals surface area (Å²) in [5, 5.41) is 0. The Kier molecular flexibility index (Phi) is 1.71. The van der Waals surface area contributed by atoms with Crippen molar-refractivity contribution in [3.8, 4) is 0 Å². The van der Waals surface area contributed by atoms with Crippen LogP contribution in [0.4, 0.5) is 5.95 Å². The average Bonchev–Trinajstić information content (AvgIpc) is 2.49. The van der Waals surface area contributed by atoms with Crippen molar-refractivity contribution in [1.29, 1.82) is 0 Å². The van der Waals surface area contributed by atoms with Gasteiger partial charge < -0.3 is 4.57 Å². The summed E-state index contributed by atoms with van der Waals surface area (Å²) in [4.78, 5) is 8.40. The monoisotopic (exact) mass is 163 g/mol. The minimum absolute atomic E-state index is 0.562. The standard InChI is InChI=1S/C9H13N3/c1-7(2)8-5-11-9-10-3-4-12(9)6-8/h3-5,7-8H,6H2,1-2H3. The first-order valence-corrected chi connectivity index (χ1v) is 4.32. The smallest absolute Gasteiger partial charge is 0.229 e. The van der Waals surface area contributed by atoms with Crippen LogP contribution in [0.3, 0.4) is 0 Å². The van der Waals surface area contributed by atoms with E-state index in [1.165, 1.54) is 0 Å². The summed E-state index contributed by atoms with van der Waals surface area (Å²) in [6.07, 6.45) is 5.81. The quantitative estimate of drug-likeness (QED) is 0.621. The van der Waals surface area contributed by atoms with Crippen molar-refractivity contribution in [2.45, 2.75) is 20.4 Å². The molecule has 1 aliphatic rings. The molecule has 0 amide bonds. The van der Waals surface area contributed by atoms with Crippen molar-refractivity contribution in [1.82, 2.24) is 9.55 Å². The fourth-order valence-electron chi connectivity index (χ4n) is 1.39. The molecule has 3 heteroatoms. The minimum Gasteiger partial charge on any atom is -0.315 e. The predicted molar refractivity (Wildman–Crippen MR) is 48.7 cm³/mol. The number of rotatable bonds is 1. The second kappa shape index (κ2) is 2.73. The van der Waals surface area contributed by atoms with Crippen molar-refractivity contribution >= 4 is 12.2 Å². The number of imidazole rings is 1. The van der Waals surface area contributed by atoms with Crippen LogP contribution in [0.25, 0.3) is 0 Å². The molecule has 0 bridgehead atoms. The fraction of sp³-hybridized carbons (Fsp3) is 0.556. The van der Waals surface area contributed by atoms with Gasteiger partial charge in [-0.25, -0.2) is 9.98 Å². The highest BCUT2D eigenvalue weighted by molar-refractivity contribution is 5.65. The zero-order valence-corrected chi connectivity index (χ0v) is 7.44. The van der Waals surface area contributed by atoms with E-state index in [1.54, 1.807) is 6.20 Å². The molecular weight excluding hydrogens is 150 g/mol. The van der Waals surface area contributed by atoms with Crippen LogP contribution in [-0.2, 0) is 6.54 Å². The topological polar surface area (TPSA) is 30.2 Å². The van der Waals surface area contributed by atoms with E-state index >= 15 is 0 Å². The van der Waals surface area contributed by atoms with E-state index in [-0.39, 0.29) is 0 Å². The number of nitrogens with zero attached hydrogens (tertiary/aromatic N) is 3. The molecule has 1 aliphatic heterocycles. The van der Waals surface area contributed by atoms with Crippen LogP contribution < -0.4 is 0 Å². The number of hydrogen-bond acceptors (Lipinski definition) is 2. The van der Waals surface area contributed by atoms with Crippen molar-refractivity contribution < 1.29 is 0 Å². The van der Waals surface area contributed by atoms with E-state index in [1.807, 2.05) is 12.4 Å². The number of aromatic nitrogens is 2. The van der Waals surface area contributed by atoms with Gasteiger partial charge in [0.25, 0.3) is 0 Å². The second-order valence-electron chi connectivity index (χ2n) is 3.57. The molecule has 1 unspecified atom stereocenters. The molecule has 0 saturated heterocycles. The zero-order chi connectivity index (χ0) is 8.55. The Bertz CT molecular complexity index is 298. The third-order valence-electron chi connectivity index (χ3n) is 2.34. The fourth-order valence-corrected chi connectivity index (χ4v) is 1.39. The van der Waals surface area contributed by atoms with Crippen LogP contribution in [0.15, 0.2) is 17.4 Å². The average molecular weight is 163 g/mol. The lowest BCUT2D eigenvalue weighted by atomic mass is 9.96. The van der Waals surface area contributed by atoms with Gasteiger partial charge in [-0.05, 0) is 5.92 Å². The van der Waals surface area contributed by atoms with Gasteiger partial charge in [0.2, 0.25) is 5.95 Å². The molecule has 64 valence electrons. The highest BCUT2D eigenvalue weighted by Gasteiger charge is 2.17. The van der Waals surface area contributed by atoms with E-state index in [2.05, 4.69) is 28.4 Å². The van der Waals surface area contributed by atoms with Gasteiger partial charge in [-0.2, -0.15) is 0 Å². The summed E-state index contributed by atoms with van der Waals surface area (Å²) in [5.74, 6) is 2.06. The normalized spacial score (nSPS) is 21.4. The van der Waals surface area contributed by atoms with Crippen LogP contribution in [0, 0.1) is 11.8 Å². The molecule has 0 N–H and O–H groups in total.